The highest BCUT2D eigenvalue weighted by atomic mass is 19.1. The van der Waals surface area contributed by atoms with Gasteiger partial charge in [0.05, 0.1) is 16.6 Å². The van der Waals surface area contributed by atoms with Crippen LogP contribution in [0, 0.1) is 11.6 Å². The van der Waals surface area contributed by atoms with Crippen LogP contribution in [0.1, 0.15) is 0 Å². The number of aryl methyl sites for hydroxylation is 1. The molecule has 4 rings (SSSR count). The molecule has 1 N–H and O–H groups in total. The van der Waals surface area contributed by atoms with Gasteiger partial charge in [-0.2, -0.15) is 0 Å². The zero-order valence-corrected chi connectivity index (χ0v) is 13.3. The minimum atomic E-state index is -0.594. The van der Waals surface area contributed by atoms with Crippen LogP contribution in [0.15, 0.2) is 59.8 Å². The lowest BCUT2D eigenvalue weighted by Gasteiger charge is -2.07. The normalized spacial score (nSPS) is 11.2. The van der Waals surface area contributed by atoms with Gasteiger partial charge in [-0.1, -0.05) is 0 Å². The molecule has 0 bridgehead atoms. The molecule has 124 valence electrons. The molecule has 1 aromatic carbocycles. The van der Waals surface area contributed by atoms with Gasteiger partial charge in [0.1, 0.15) is 11.6 Å². The van der Waals surface area contributed by atoms with Gasteiger partial charge in [0, 0.05) is 42.3 Å². The van der Waals surface area contributed by atoms with E-state index in [2.05, 4.69) is 9.97 Å². The van der Waals surface area contributed by atoms with E-state index in [-0.39, 0.29) is 11.1 Å². The van der Waals surface area contributed by atoms with E-state index in [0.29, 0.717) is 22.2 Å². The fourth-order valence-corrected chi connectivity index (χ4v) is 2.99. The van der Waals surface area contributed by atoms with E-state index in [1.807, 2.05) is 0 Å². The van der Waals surface area contributed by atoms with Crippen molar-refractivity contribution in [3.8, 4) is 22.4 Å². The number of aromatic amines is 1. The van der Waals surface area contributed by atoms with Gasteiger partial charge in [0.2, 0.25) is 0 Å². The average molecular weight is 337 g/mol. The molecule has 4 nitrogen and oxygen atoms in total. The predicted octanol–water partition coefficient (Wildman–Crippen LogP) is 3.87. The largest absolute Gasteiger partial charge is 0.354 e. The second-order valence-corrected chi connectivity index (χ2v) is 5.76. The summed E-state index contributed by atoms with van der Waals surface area (Å²) in [5.74, 6) is -1.16. The topological polar surface area (TPSA) is 50.7 Å². The standard InChI is InChI=1S/C19H13F2N3O/c1-24-9-6-15-17(19(24)25)16(13-10-12(20)2-3-14(13)21)18(23-15)11-4-7-22-8-5-11/h2-10,23H,1H3. The van der Waals surface area contributed by atoms with E-state index in [0.717, 1.165) is 23.8 Å². The molecule has 0 atom stereocenters. The molecular weight excluding hydrogens is 324 g/mol. The number of fused-ring (bicyclic) bond motifs is 1. The van der Waals surface area contributed by atoms with Crippen molar-refractivity contribution in [3.05, 3.63) is 77.0 Å². The van der Waals surface area contributed by atoms with Gasteiger partial charge >= 0.3 is 0 Å². The molecule has 0 spiro atoms. The first-order valence-corrected chi connectivity index (χ1v) is 7.63. The third kappa shape index (κ3) is 2.42. The van der Waals surface area contributed by atoms with E-state index in [9.17, 15) is 13.6 Å². The zero-order valence-electron chi connectivity index (χ0n) is 13.3. The highest BCUT2D eigenvalue weighted by Gasteiger charge is 2.21. The second-order valence-electron chi connectivity index (χ2n) is 5.76. The third-order valence-corrected chi connectivity index (χ3v) is 4.19. The average Bonchev–Trinajstić information content (AvgIpc) is 3.01. The van der Waals surface area contributed by atoms with Gasteiger partial charge in [-0.05, 0) is 36.4 Å². The van der Waals surface area contributed by atoms with Crippen molar-refractivity contribution in [3.63, 3.8) is 0 Å². The van der Waals surface area contributed by atoms with E-state index in [1.54, 1.807) is 43.8 Å². The quantitative estimate of drug-likeness (QED) is 0.604. The van der Waals surface area contributed by atoms with Crippen LogP contribution in [-0.4, -0.2) is 14.5 Å². The summed E-state index contributed by atoms with van der Waals surface area (Å²) in [6, 6.07) is 8.45. The summed E-state index contributed by atoms with van der Waals surface area (Å²) < 4.78 is 29.7. The molecule has 3 aromatic heterocycles. The molecule has 0 aliphatic rings. The summed E-state index contributed by atoms with van der Waals surface area (Å²) in [7, 11) is 1.62. The van der Waals surface area contributed by atoms with Crippen LogP contribution in [0.2, 0.25) is 0 Å². The summed E-state index contributed by atoms with van der Waals surface area (Å²) in [5, 5.41) is 0.321. The van der Waals surface area contributed by atoms with Crippen LogP contribution in [0.5, 0.6) is 0 Å². The molecule has 0 radical (unpaired) electrons. The minimum Gasteiger partial charge on any atom is -0.354 e. The van der Waals surface area contributed by atoms with Gasteiger partial charge in [0.25, 0.3) is 5.56 Å². The first-order valence-electron chi connectivity index (χ1n) is 7.63. The highest BCUT2D eigenvalue weighted by molar-refractivity contribution is 6.03. The van der Waals surface area contributed by atoms with E-state index in [1.165, 1.54) is 4.57 Å². The van der Waals surface area contributed by atoms with E-state index in [4.69, 9.17) is 0 Å². The van der Waals surface area contributed by atoms with E-state index >= 15 is 0 Å². The first-order chi connectivity index (χ1) is 12.1. The Balaban J connectivity index is 2.18. The molecule has 0 saturated heterocycles. The molecule has 3 heterocycles. The number of benzene rings is 1. The lowest BCUT2D eigenvalue weighted by atomic mass is 9.99. The molecule has 0 unspecified atom stereocenters. The Hall–Kier alpha value is -3.28. The first kappa shape index (κ1) is 15.3. The monoisotopic (exact) mass is 337 g/mol. The second kappa shape index (κ2) is 5.66. The molecule has 4 aromatic rings. The summed E-state index contributed by atoms with van der Waals surface area (Å²) in [6.45, 7) is 0. The van der Waals surface area contributed by atoms with Crippen LogP contribution < -0.4 is 5.56 Å². The van der Waals surface area contributed by atoms with Crippen LogP contribution in [-0.2, 0) is 7.05 Å². The summed E-state index contributed by atoms with van der Waals surface area (Å²) in [4.78, 5) is 19.8. The summed E-state index contributed by atoms with van der Waals surface area (Å²) in [6.07, 6.45) is 4.83. The maximum absolute atomic E-state index is 14.5. The highest BCUT2D eigenvalue weighted by Crippen LogP contribution is 2.38. The lowest BCUT2D eigenvalue weighted by Crippen LogP contribution is -2.15. The fourth-order valence-electron chi connectivity index (χ4n) is 2.99. The molecule has 0 amide bonds. The summed E-state index contributed by atoms with van der Waals surface area (Å²) in [5.41, 5.74) is 1.94. The Bertz CT molecular complexity index is 1150. The Morgan fingerprint density at radius 3 is 2.60 bits per heavy atom. The van der Waals surface area contributed by atoms with Crippen molar-refractivity contribution in [1.82, 2.24) is 14.5 Å². The lowest BCUT2D eigenvalue weighted by molar-refractivity contribution is 0.603. The molecule has 25 heavy (non-hydrogen) atoms. The molecule has 0 aliphatic carbocycles. The third-order valence-electron chi connectivity index (χ3n) is 4.19. The zero-order chi connectivity index (χ0) is 17.6. The minimum absolute atomic E-state index is 0.0429. The Labute approximate surface area is 141 Å². The molecular formula is C19H13F2N3O. The summed E-state index contributed by atoms with van der Waals surface area (Å²) >= 11 is 0. The van der Waals surface area contributed by atoms with Gasteiger partial charge in [-0.25, -0.2) is 8.78 Å². The van der Waals surface area contributed by atoms with Gasteiger partial charge < -0.3 is 9.55 Å². The number of hydrogen-bond acceptors (Lipinski definition) is 2. The number of aromatic nitrogens is 3. The number of nitrogens with zero attached hydrogens (tertiary/aromatic N) is 2. The van der Waals surface area contributed by atoms with Crippen molar-refractivity contribution in [2.75, 3.05) is 0 Å². The number of pyridine rings is 2. The van der Waals surface area contributed by atoms with Crippen LogP contribution in [0.4, 0.5) is 8.78 Å². The SMILES string of the molecule is Cn1ccc2[nH]c(-c3ccncc3)c(-c3cc(F)ccc3F)c2c1=O. The van der Waals surface area contributed by atoms with Crippen LogP contribution in [0.3, 0.4) is 0 Å². The Morgan fingerprint density at radius 1 is 1.08 bits per heavy atom. The van der Waals surface area contributed by atoms with Gasteiger partial charge in [-0.3, -0.25) is 9.78 Å². The van der Waals surface area contributed by atoms with Gasteiger partial charge in [-0.15, -0.1) is 0 Å². The van der Waals surface area contributed by atoms with Crippen LogP contribution in [0.25, 0.3) is 33.3 Å². The fraction of sp³-hybridized carbons (Fsp3) is 0.0526. The van der Waals surface area contributed by atoms with Crippen molar-refractivity contribution in [2.24, 2.45) is 7.05 Å². The Morgan fingerprint density at radius 2 is 1.84 bits per heavy atom. The van der Waals surface area contributed by atoms with Crippen molar-refractivity contribution < 1.29 is 8.78 Å². The maximum Gasteiger partial charge on any atom is 0.260 e. The maximum atomic E-state index is 14.5. The van der Waals surface area contributed by atoms with Crippen molar-refractivity contribution >= 4 is 10.9 Å². The van der Waals surface area contributed by atoms with Crippen LogP contribution >= 0.6 is 0 Å². The van der Waals surface area contributed by atoms with Crippen molar-refractivity contribution in [1.29, 1.82) is 0 Å². The van der Waals surface area contributed by atoms with E-state index < -0.39 is 11.6 Å². The number of rotatable bonds is 2. The molecule has 6 heteroatoms. The molecule has 0 fully saturated rings. The predicted molar refractivity (Wildman–Crippen MR) is 92.1 cm³/mol. The Kier molecular flexibility index (Phi) is 3.46. The number of H-pyrrole nitrogens is 1. The van der Waals surface area contributed by atoms with Crippen molar-refractivity contribution in [2.45, 2.75) is 0 Å². The molecule has 0 aliphatic heterocycles. The smallest absolute Gasteiger partial charge is 0.260 e. The number of nitrogens with one attached hydrogen (secondary N) is 1. The van der Waals surface area contributed by atoms with Gasteiger partial charge in [0.15, 0.2) is 0 Å². The molecule has 0 saturated carbocycles. The number of hydrogen-bond donors (Lipinski definition) is 1. The number of halogens is 2.